The lowest BCUT2D eigenvalue weighted by atomic mass is 10.0. The summed E-state index contributed by atoms with van der Waals surface area (Å²) in [4.78, 5) is 73.6. The zero-order valence-corrected chi connectivity index (χ0v) is 28.4. The second-order valence-corrected chi connectivity index (χ2v) is 12.4. The van der Waals surface area contributed by atoms with Crippen molar-refractivity contribution in [1.29, 1.82) is 0 Å². The number of para-hydroxylation sites is 1. The average Bonchev–Trinajstić information content (AvgIpc) is 3.14. The molecular formula is C39H42N6O6. The van der Waals surface area contributed by atoms with Crippen molar-refractivity contribution >= 4 is 29.5 Å². The van der Waals surface area contributed by atoms with Crippen molar-refractivity contribution in [1.82, 2.24) is 31.2 Å². The highest BCUT2D eigenvalue weighted by atomic mass is 16.5. The van der Waals surface area contributed by atoms with E-state index >= 15 is 0 Å². The number of aromatic nitrogens is 1. The number of nitrogens with one attached hydrogen (secondary N) is 4. The largest absolute Gasteiger partial charge is 0.491 e. The molecule has 5 amide bonds. The summed E-state index contributed by atoms with van der Waals surface area (Å²) < 4.78 is 6.14. The summed E-state index contributed by atoms with van der Waals surface area (Å²) in [6, 6.07) is 27.9. The Hall–Kier alpha value is -6.04. The molecule has 3 aromatic carbocycles. The van der Waals surface area contributed by atoms with E-state index in [9.17, 15) is 24.0 Å². The van der Waals surface area contributed by atoms with E-state index in [2.05, 4.69) is 26.3 Å². The van der Waals surface area contributed by atoms with Gasteiger partial charge in [0.15, 0.2) is 0 Å². The van der Waals surface area contributed by atoms with Gasteiger partial charge >= 0.3 is 0 Å². The van der Waals surface area contributed by atoms with Crippen molar-refractivity contribution in [3.05, 3.63) is 132 Å². The van der Waals surface area contributed by atoms with Crippen LogP contribution in [0.4, 0.5) is 0 Å². The maximum atomic E-state index is 13.8. The summed E-state index contributed by atoms with van der Waals surface area (Å²) >= 11 is 0. The van der Waals surface area contributed by atoms with Crippen molar-refractivity contribution < 1.29 is 28.7 Å². The molecule has 1 aliphatic rings. The molecule has 51 heavy (non-hydrogen) atoms. The number of nitrogens with zero attached hydrogens (tertiary/aromatic N) is 2. The van der Waals surface area contributed by atoms with E-state index < -0.39 is 54.1 Å². The molecule has 2 heterocycles. The smallest absolute Gasteiger partial charge is 0.255 e. The Morgan fingerprint density at radius 2 is 1.47 bits per heavy atom. The number of carbonyl (C=O) groups excluding carboxylic acids is 5. The minimum Gasteiger partial charge on any atom is -0.491 e. The maximum absolute atomic E-state index is 13.8. The van der Waals surface area contributed by atoms with Crippen molar-refractivity contribution in [2.24, 2.45) is 0 Å². The van der Waals surface area contributed by atoms with E-state index in [4.69, 9.17) is 4.74 Å². The second-order valence-electron chi connectivity index (χ2n) is 12.4. The van der Waals surface area contributed by atoms with E-state index in [0.29, 0.717) is 12.8 Å². The highest BCUT2D eigenvalue weighted by Crippen LogP contribution is 2.19. The van der Waals surface area contributed by atoms with E-state index in [1.54, 1.807) is 36.5 Å². The van der Waals surface area contributed by atoms with Gasteiger partial charge in [0.05, 0.1) is 24.6 Å². The number of benzene rings is 3. The molecule has 0 spiro atoms. The van der Waals surface area contributed by atoms with Crippen LogP contribution in [0.25, 0.3) is 0 Å². The van der Waals surface area contributed by atoms with E-state index in [-0.39, 0.29) is 37.4 Å². The molecule has 5 rings (SSSR count). The van der Waals surface area contributed by atoms with E-state index in [1.165, 1.54) is 11.9 Å². The zero-order valence-electron chi connectivity index (χ0n) is 28.4. The summed E-state index contributed by atoms with van der Waals surface area (Å²) in [5.41, 5.74) is 2.66. The highest BCUT2D eigenvalue weighted by molar-refractivity contribution is 6.01. The Bertz CT molecular complexity index is 1790. The number of pyridine rings is 1. The Morgan fingerprint density at radius 3 is 2.18 bits per heavy atom. The average molecular weight is 691 g/mol. The first-order valence-electron chi connectivity index (χ1n) is 16.9. The van der Waals surface area contributed by atoms with Gasteiger partial charge in [-0.2, -0.15) is 0 Å². The van der Waals surface area contributed by atoms with Gasteiger partial charge < -0.3 is 30.9 Å². The Balaban J connectivity index is 1.43. The fraction of sp³-hybridized carbons (Fsp3) is 0.282. The monoisotopic (exact) mass is 690 g/mol. The molecule has 0 fully saturated rings. The summed E-state index contributed by atoms with van der Waals surface area (Å²) in [5.74, 6) is -2.52. The fourth-order valence-corrected chi connectivity index (χ4v) is 5.77. The molecule has 1 aromatic heterocycles. The number of hydrogen-bond acceptors (Lipinski definition) is 7. The lowest BCUT2D eigenvalue weighted by Gasteiger charge is -2.26. The first-order chi connectivity index (χ1) is 24.7. The molecule has 3 atom stereocenters. The van der Waals surface area contributed by atoms with Crippen LogP contribution in [-0.4, -0.2) is 84.3 Å². The first kappa shape index (κ1) is 36.2. The number of ether oxygens (including phenoxy) is 1. The molecule has 0 radical (unpaired) electrons. The fourth-order valence-electron chi connectivity index (χ4n) is 5.77. The predicted molar refractivity (Wildman–Crippen MR) is 191 cm³/mol. The number of fused-ring (bicyclic) bond motifs is 1. The molecule has 12 nitrogen and oxygen atoms in total. The van der Waals surface area contributed by atoms with Gasteiger partial charge in [-0.15, -0.1) is 0 Å². The quantitative estimate of drug-likeness (QED) is 0.221. The summed E-state index contributed by atoms with van der Waals surface area (Å²) in [5, 5.41) is 11.3. The van der Waals surface area contributed by atoms with Crippen LogP contribution in [0, 0.1) is 0 Å². The topological polar surface area (TPSA) is 159 Å². The molecule has 0 saturated carbocycles. The van der Waals surface area contributed by atoms with E-state index in [0.717, 1.165) is 16.8 Å². The van der Waals surface area contributed by atoms with Crippen molar-refractivity contribution in [2.45, 2.75) is 43.8 Å². The van der Waals surface area contributed by atoms with Gasteiger partial charge in [-0.05, 0) is 41.8 Å². The molecule has 0 unspecified atom stereocenters. The zero-order chi connectivity index (χ0) is 36.0. The van der Waals surface area contributed by atoms with Gasteiger partial charge in [-0.3, -0.25) is 29.0 Å². The standard InChI is InChI=1S/C39H42N6O6/c1-45-25-36(47)42-30(22-27-12-4-2-5-13-27)26-51-34-18-9-8-17-31(34)37(48)44-32(38(49)41-21-19-29-16-10-11-20-40-29)24-35(46)43-33(39(45)50)23-28-14-6-3-7-15-28/h2-18,20,30,32-33H,19,21-26H2,1H3,(H,41,49)(H,42,47)(H,43,46)(H,44,48)/t30-,32+,33+/m1/s1. The van der Waals surface area contributed by atoms with Crippen LogP contribution in [0.1, 0.15) is 33.6 Å². The highest BCUT2D eigenvalue weighted by Gasteiger charge is 2.30. The van der Waals surface area contributed by atoms with Gasteiger partial charge in [0.1, 0.15) is 24.4 Å². The van der Waals surface area contributed by atoms with Gasteiger partial charge in [0, 0.05) is 38.3 Å². The lowest BCUT2D eigenvalue weighted by Crippen LogP contribution is -2.54. The Morgan fingerprint density at radius 1 is 0.804 bits per heavy atom. The van der Waals surface area contributed by atoms with Crippen LogP contribution in [0.2, 0.25) is 0 Å². The van der Waals surface area contributed by atoms with Crippen molar-refractivity contribution in [3.8, 4) is 5.75 Å². The molecule has 0 saturated heterocycles. The predicted octanol–water partition coefficient (Wildman–Crippen LogP) is 2.23. The number of carbonyl (C=O) groups is 5. The molecular weight excluding hydrogens is 648 g/mol. The van der Waals surface area contributed by atoms with Crippen LogP contribution in [0.15, 0.2) is 109 Å². The molecule has 0 aliphatic carbocycles. The van der Waals surface area contributed by atoms with Crippen molar-refractivity contribution in [2.75, 3.05) is 26.7 Å². The minimum atomic E-state index is -1.29. The molecule has 4 N–H and O–H groups in total. The summed E-state index contributed by atoms with van der Waals surface area (Å²) in [7, 11) is 1.50. The molecule has 0 bridgehead atoms. The molecule has 264 valence electrons. The minimum absolute atomic E-state index is 0.0106. The van der Waals surface area contributed by atoms with Crippen LogP contribution in [0.5, 0.6) is 5.75 Å². The van der Waals surface area contributed by atoms with Gasteiger partial charge in [0.25, 0.3) is 5.91 Å². The number of hydrogen-bond donors (Lipinski definition) is 4. The molecule has 4 aromatic rings. The van der Waals surface area contributed by atoms with E-state index in [1.807, 2.05) is 72.8 Å². The van der Waals surface area contributed by atoms with Crippen LogP contribution < -0.4 is 26.0 Å². The van der Waals surface area contributed by atoms with Crippen LogP contribution in [-0.2, 0) is 38.4 Å². The van der Waals surface area contributed by atoms with Crippen LogP contribution in [0.3, 0.4) is 0 Å². The van der Waals surface area contributed by atoms with Gasteiger partial charge in [-0.25, -0.2) is 0 Å². The SMILES string of the molecule is CN1CC(=O)N[C@H](Cc2ccccc2)COc2ccccc2C(=O)N[C@H](C(=O)NCCc2ccccn2)CC(=O)N[C@@H](Cc2ccccc2)C1=O. The Labute approximate surface area is 297 Å². The summed E-state index contributed by atoms with van der Waals surface area (Å²) in [6.07, 6.45) is 2.21. The molecule has 12 heteroatoms. The third kappa shape index (κ3) is 11.0. The van der Waals surface area contributed by atoms with Crippen LogP contribution >= 0.6 is 0 Å². The van der Waals surface area contributed by atoms with Gasteiger partial charge in [0.2, 0.25) is 23.6 Å². The summed E-state index contributed by atoms with van der Waals surface area (Å²) in [6.45, 7) is -0.0484. The maximum Gasteiger partial charge on any atom is 0.255 e. The lowest BCUT2D eigenvalue weighted by molar-refractivity contribution is -0.138. The Kier molecular flexibility index (Phi) is 12.9. The number of amides is 5. The van der Waals surface area contributed by atoms with Gasteiger partial charge in [-0.1, -0.05) is 78.9 Å². The number of likely N-dealkylation sites (N-methyl/N-ethyl adjacent to an activating group) is 1. The second kappa shape index (κ2) is 18.1. The number of rotatable bonds is 8. The first-order valence-corrected chi connectivity index (χ1v) is 16.9. The normalized spacial score (nSPS) is 19.0. The molecule has 1 aliphatic heterocycles. The third-order valence-electron chi connectivity index (χ3n) is 8.35. The third-order valence-corrected chi connectivity index (χ3v) is 8.35. The van der Waals surface area contributed by atoms with Crippen molar-refractivity contribution in [3.63, 3.8) is 0 Å².